The van der Waals surface area contributed by atoms with Gasteiger partial charge in [0.1, 0.15) is 16.4 Å². The number of Topliss-reactive ketones (excluding diaryl/α,β-unsaturated/α-hetero) is 1. The van der Waals surface area contributed by atoms with Crippen LogP contribution in [0, 0.1) is 20.8 Å². The molecule has 36 heavy (non-hydrogen) atoms. The molecule has 0 radical (unpaired) electrons. The van der Waals surface area contributed by atoms with Crippen molar-refractivity contribution < 1.29 is 29.0 Å². The van der Waals surface area contributed by atoms with E-state index in [9.17, 15) is 19.5 Å². The van der Waals surface area contributed by atoms with Crippen molar-refractivity contribution in [3.05, 3.63) is 80.9 Å². The quantitative estimate of drug-likeness (QED) is 0.220. The number of carbonyl (C=O) groups is 3. The summed E-state index contributed by atoms with van der Waals surface area (Å²) in [5, 5.41) is 11.5. The molecule has 9 heteroatoms. The molecule has 3 aromatic rings. The number of rotatable bonds is 6. The highest BCUT2D eigenvalue weighted by molar-refractivity contribution is 7.17. The number of ether oxygens (including phenoxy) is 2. The maximum absolute atomic E-state index is 13.4. The molecule has 1 aromatic heterocycles. The number of hydrogen-bond donors (Lipinski definition) is 1. The normalized spacial score (nSPS) is 16.9. The van der Waals surface area contributed by atoms with Crippen molar-refractivity contribution in [1.82, 2.24) is 4.98 Å². The lowest BCUT2D eigenvalue weighted by molar-refractivity contribution is -0.132. The van der Waals surface area contributed by atoms with Gasteiger partial charge in [0.05, 0.1) is 31.0 Å². The fourth-order valence-corrected chi connectivity index (χ4v) is 5.13. The highest BCUT2D eigenvalue weighted by Crippen LogP contribution is 2.44. The third-order valence-electron chi connectivity index (χ3n) is 5.98. The van der Waals surface area contributed by atoms with Gasteiger partial charge in [-0.05, 0) is 57.0 Å². The molecular formula is C27H26N2O6S. The highest BCUT2D eigenvalue weighted by atomic mass is 32.1. The Labute approximate surface area is 212 Å². The Kier molecular flexibility index (Phi) is 6.94. The first-order valence-electron chi connectivity index (χ1n) is 11.3. The van der Waals surface area contributed by atoms with Crippen molar-refractivity contribution in [1.29, 1.82) is 0 Å². The van der Waals surface area contributed by atoms with Crippen LogP contribution in [0.2, 0.25) is 0 Å². The number of esters is 1. The van der Waals surface area contributed by atoms with E-state index in [2.05, 4.69) is 4.98 Å². The Morgan fingerprint density at radius 1 is 1.11 bits per heavy atom. The minimum absolute atomic E-state index is 0.0531. The molecule has 2 aromatic carbocycles. The SMILES string of the molecule is CCOC(=O)c1sc(N2C(=O)C(=O)/C(=C(/O)c3ccc(OC)cc3C)[C@H]2c2ccc(C)cc2)nc1C. The lowest BCUT2D eigenvalue weighted by atomic mass is 9.93. The Hall–Kier alpha value is -3.98. The summed E-state index contributed by atoms with van der Waals surface area (Å²) in [6.45, 7) is 7.25. The van der Waals surface area contributed by atoms with Crippen molar-refractivity contribution >= 4 is 39.9 Å². The average molecular weight is 507 g/mol. The molecule has 0 unspecified atom stereocenters. The summed E-state index contributed by atoms with van der Waals surface area (Å²) in [6.07, 6.45) is 0. The topological polar surface area (TPSA) is 106 Å². The van der Waals surface area contributed by atoms with E-state index in [1.807, 2.05) is 19.1 Å². The van der Waals surface area contributed by atoms with Gasteiger partial charge in [-0.15, -0.1) is 0 Å². The number of nitrogens with zero attached hydrogens (tertiary/aromatic N) is 2. The van der Waals surface area contributed by atoms with Crippen molar-refractivity contribution in [2.45, 2.75) is 33.7 Å². The molecule has 4 rings (SSSR count). The van der Waals surface area contributed by atoms with E-state index in [0.717, 1.165) is 16.9 Å². The molecule has 186 valence electrons. The second-order valence-electron chi connectivity index (χ2n) is 8.39. The summed E-state index contributed by atoms with van der Waals surface area (Å²) >= 11 is 0.976. The molecular weight excluding hydrogens is 480 g/mol. The van der Waals surface area contributed by atoms with E-state index in [1.165, 1.54) is 12.0 Å². The zero-order valence-electron chi connectivity index (χ0n) is 20.6. The number of benzene rings is 2. The molecule has 1 atom stereocenters. The van der Waals surface area contributed by atoms with Crippen LogP contribution in [0.25, 0.3) is 5.76 Å². The largest absolute Gasteiger partial charge is 0.507 e. The number of hydrogen-bond acceptors (Lipinski definition) is 8. The Morgan fingerprint density at radius 3 is 2.42 bits per heavy atom. The number of anilines is 1. The number of methoxy groups -OCH3 is 1. The molecule has 2 heterocycles. The summed E-state index contributed by atoms with van der Waals surface area (Å²) in [7, 11) is 1.54. The summed E-state index contributed by atoms with van der Waals surface area (Å²) in [5.41, 5.74) is 3.05. The van der Waals surface area contributed by atoms with Gasteiger partial charge in [0, 0.05) is 5.56 Å². The van der Waals surface area contributed by atoms with Crippen LogP contribution in [0.1, 0.15) is 50.6 Å². The first-order chi connectivity index (χ1) is 17.2. The summed E-state index contributed by atoms with van der Waals surface area (Å²) < 4.78 is 10.4. The second kappa shape index (κ2) is 9.94. The summed E-state index contributed by atoms with van der Waals surface area (Å²) in [6, 6.07) is 11.5. The molecule has 0 spiro atoms. The third-order valence-corrected chi connectivity index (χ3v) is 7.12. The molecule has 0 bridgehead atoms. The fraction of sp³-hybridized carbons (Fsp3) is 0.259. The predicted octanol–water partition coefficient (Wildman–Crippen LogP) is 4.88. The third kappa shape index (κ3) is 4.37. The minimum Gasteiger partial charge on any atom is -0.507 e. The Bertz CT molecular complexity index is 1390. The second-order valence-corrected chi connectivity index (χ2v) is 9.37. The molecule has 1 fully saturated rings. The standard InChI is InChI=1S/C27H26N2O6S/c1-6-35-26(33)24-16(4)28-27(36-24)29-21(17-9-7-14(2)8-10-17)20(23(31)25(29)32)22(30)19-12-11-18(34-5)13-15(19)3/h7-13,21,30H,6H2,1-5H3/b22-20+/t21-/m1/s1. The van der Waals surface area contributed by atoms with Gasteiger partial charge in [-0.1, -0.05) is 41.2 Å². The lowest BCUT2D eigenvalue weighted by Crippen LogP contribution is -2.29. The fourth-order valence-electron chi connectivity index (χ4n) is 4.14. The Morgan fingerprint density at radius 2 is 1.81 bits per heavy atom. The first-order valence-corrected chi connectivity index (χ1v) is 12.2. The maximum atomic E-state index is 13.4. The van der Waals surface area contributed by atoms with Gasteiger partial charge in [0.15, 0.2) is 5.13 Å². The predicted molar refractivity (Wildman–Crippen MR) is 137 cm³/mol. The molecule has 1 N–H and O–H groups in total. The van der Waals surface area contributed by atoms with E-state index < -0.39 is 23.7 Å². The van der Waals surface area contributed by atoms with Gasteiger partial charge in [0.25, 0.3) is 5.78 Å². The van der Waals surface area contributed by atoms with E-state index in [0.29, 0.717) is 28.1 Å². The van der Waals surface area contributed by atoms with Crippen LogP contribution in [-0.4, -0.2) is 41.5 Å². The number of aromatic nitrogens is 1. The minimum atomic E-state index is -0.937. The van der Waals surface area contributed by atoms with Crippen LogP contribution in [0.4, 0.5) is 5.13 Å². The first kappa shape index (κ1) is 25.1. The molecule has 1 amide bonds. The number of aliphatic hydroxyl groups excluding tert-OH is 1. The van der Waals surface area contributed by atoms with E-state index in [4.69, 9.17) is 9.47 Å². The lowest BCUT2D eigenvalue weighted by Gasteiger charge is -2.23. The van der Waals surface area contributed by atoms with Crippen LogP contribution in [0.5, 0.6) is 5.75 Å². The highest BCUT2D eigenvalue weighted by Gasteiger charge is 2.48. The van der Waals surface area contributed by atoms with Crippen molar-refractivity contribution in [2.24, 2.45) is 0 Å². The molecule has 1 aliphatic rings. The number of thiazole rings is 1. The van der Waals surface area contributed by atoms with Gasteiger partial charge in [-0.3, -0.25) is 14.5 Å². The molecule has 0 aliphatic carbocycles. The zero-order chi connectivity index (χ0) is 26.1. The monoisotopic (exact) mass is 506 g/mol. The number of aliphatic hydroxyl groups is 1. The molecule has 0 saturated carbocycles. The maximum Gasteiger partial charge on any atom is 0.350 e. The molecule has 1 aliphatic heterocycles. The number of amides is 1. The van der Waals surface area contributed by atoms with Crippen LogP contribution < -0.4 is 9.64 Å². The van der Waals surface area contributed by atoms with Gasteiger partial charge in [-0.2, -0.15) is 0 Å². The van der Waals surface area contributed by atoms with E-state index in [-0.39, 0.29) is 27.9 Å². The van der Waals surface area contributed by atoms with Crippen LogP contribution >= 0.6 is 11.3 Å². The number of aryl methyl sites for hydroxylation is 3. The number of carbonyl (C=O) groups excluding carboxylic acids is 3. The summed E-state index contributed by atoms with van der Waals surface area (Å²) in [4.78, 5) is 45.1. The van der Waals surface area contributed by atoms with Crippen molar-refractivity contribution in [2.75, 3.05) is 18.6 Å². The smallest absolute Gasteiger partial charge is 0.350 e. The van der Waals surface area contributed by atoms with E-state index in [1.54, 1.807) is 51.1 Å². The molecule has 8 nitrogen and oxygen atoms in total. The average Bonchev–Trinajstić information content (AvgIpc) is 3.36. The van der Waals surface area contributed by atoms with Gasteiger partial charge in [-0.25, -0.2) is 9.78 Å². The van der Waals surface area contributed by atoms with Gasteiger partial charge in [0.2, 0.25) is 0 Å². The van der Waals surface area contributed by atoms with Crippen LogP contribution in [0.3, 0.4) is 0 Å². The van der Waals surface area contributed by atoms with Crippen molar-refractivity contribution in [3.63, 3.8) is 0 Å². The van der Waals surface area contributed by atoms with Gasteiger partial charge >= 0.3 is 11.9 Å². The van der Waals surface area contributed by atoms with E-state index >= 15 is 0 Å². The molecule has 1 saturated heterocycles. The van der Waals surface area contributed by atoms with Crippen LogP contribution in [0.15, 0.2) is 48.0 Å². The Balaban J connectivity index is 1.92. The number of ketones is 1. The van der Waals surface area contributed by atoms with Crippen molar-refractivity contribution in [3.8, 4) is 5.75 Å². The zero-order valence-corrected chi connectivity index (χ0v) is 21.4. The van der Waals surface area contributed by atoms with Gasteiger partial charge < -0.3 is 14.6 Å². The summed E-state index contributed by atoms with van der Waals surface area (Å²) in [5.74, 6) is -1.91. The van der Waals surface area contributed by atoms with Crippen LogP contribution in [-0.2, 0) is 14.3 Å².